The Kier molecular flexibility index (Phi) is 10.4. The topological polar surface area (TPSA) is 78.0 Å². The van der Waals surface area contributed by atoms with Crippen LogP contribution in [-0.4, -0.2) is 75.8 Å². The number of guanidine groups is 1. The van der Waals surface area contributed by atoms with E-state index in [9.17, 15) is 4.79 Å². The van der Waals surface area contributed by atoms with E-state index < -0.39 is 0 Å². The van der Waals surface area contributed by atoms with E-state index in [1.165, 1.54) is 6.54 Å². The van der Waals surface area contributed by atoms with E-state index >= 15 is 0 Å². The predicted octanol–water partition coefficient (Wildman–Crippen LogP) is 0.425. The molecule has 3 N–H and O–H groups in total. The molecule has 1 saturated heterocycles. The molecule has 7 nitrogen and oxygen atoms in total. The largest absolute Gasteiger partial charge is 0.383 e. The van der Waals surface area contributed by atoms with Gasteiger partial charge in [-0.15, -0.1) is 0 Å². The van der Waals surface area contributed by atoms with Crippen molar-refractivity contribution in [3.8, 4) is 0 Å². The number of nitrogens with one attached hydrogen (secondary N) is 3. The monoisotopic (exact) mass is 341 g/mol. The number of carbonyl (C=O) groups excluding carboxylic acids is 1. The summed E-state index contributed by atoms with van der Waals surface area (Å²) >= 11 is 0. The number of carbonyl (C=O) groups is 1. The normalized spacial score (nSPS) is 17.1. The second kappa shape index (κ2) is 12.1. The van der Waals surface area contributed by atoms with Gasteiger partial charge in [0.1, 0.15) is 6.54 Å². The summed E-state index contributed by atoms with van der Waals surface area (Å²) in [6, 6.07) is 0.419. The first-order valence-corrected chi connectivity index (χ1v) is 9.08. The van der Waals surface area contributed by atoms with Gasteiger partial charge in [-0.1, -0.05) is 13.8 Å². The van der Waals surface area contributed by atoms with Crippen molar-refractivity contribution in [2.75, 3.05) is 53.0 Å². The molecular weight excluding hydrogens is 306 g/mol. The average Bonchev–Trinajstić information content (AvgIpc) is 2.54. The summed E-state index contributed by atoms with van der Waals surface area (Å²) in [4.78, 5) is 18.6. The zero-order chi connectivity index (χ0) is 17.8. The van der Waals surface area contributed by atoms with E-state index in [4.69, 9.17) is 4.74 Å². The van der Waals surface area contributed by atoms with Gasteiger partial charge >= 0.3 is 0 Å². The highest BCUT2D eigenvalue weighted by Crippen LogP contribution is 2.11. The van der Waals surface area contributed by atoms with E-state index in [1.807, 2.05) is 6.92 Å². The molecule has 1 aliphatic heterocycles. The van der Waals surface area contributed by atoms with Gasteiger partial charge in [0.15, 0.2) is 5.96 Å². The van der Waals surface area contributed by atoms with Crippen LogP contribution in [0.2, 0.25) is 0 Å². The van der Waals surface area contributed by atoms with Gasteiger partial charge in [-0.2, -0.15) is 0 Å². The summed E-state index contributed by atoms with van der Waals surface area (Å²) in [7, 11) is 1.62. The van der Waals surface area contributed by atoms with Gasteiger partial charge < -0.3 is 25.6 Å². The third-order valence-corrected chi connectivity index (χ3v) is 3.91. The maximum Gasteiger partial charge on any atom is 0.241 e. The highest BCUT2D eigenvalue weighted by molar-refractivity contribution is 5.85. The van der Waals surface area contributed by atoms with Crippen LogP contribution in [0.15, 0.2) is 4.99 Å². The molecule has 24 heavy (non-hydrogen) atoms. The molecule has 0 unspecified atom stereocenters. The van der Waals surface area contributed by atoms with E-state index in [1.54, 1.807) is 7.11 Å². The second-order valence-electron chi connectivity index (χ2n) is 6.65. The fourth-order valence-electron chi connectivity index (χ4n) is 2.79. The first-order valence-electron chi connectivity index (χ1n) is 9.08. The molecule has 1 fully saturated rings. The molecule has 0 aromatic heterocycles. The number of likely N-dealkylation sites (tertiary alicyclic amines) is 1. The fourth-order valence-corrected chi connectivity index (χ4v) is 2.79. The lowest BCUT2D eigenvalue weighted by molar-refractivity contribution is -0.119. The minimum atomic E-state index is -0.0870. The van der Waals surface area contributed by atoms with Gasteiger partial charge in [0.25, 0.3) is 0 Å². The van der Waals surface area contributed by atoms with Crippen molar-refractivity contribution in [3.63, 3.8) is 0 Å². The summed E-state index contributed by atoms with van der Waals surface area (Å²) in [5.74, 6) is 1.35. The standard InChI is InChI=1S/C17H35N5O2/c1-5-18-17(20-12-16(23)19-8-11-24-4)21-15-6-9-22(10-7-15)13-14(2)3/h14-15H,5-13H2,1-4H3,(H,19,23)(H2,18,20,21). The van der Waals surface area contributed by atoms with Gasteiger partial charge in [-0.3, -0.25) is 4.79 Å². The molecule has 7 heteroatoms. The first kappa shape index (κ1) is 20.7. The zero-order valence-corrected chi connectivity index (χ0v) is 15.7. The molecule has 0 saturated carbocycles. The van der Waals surface area contributed by atoms with Gasteiger partial charge in [0.05, 0.1) is 6.61 Å². The van der Waals surface area contributed by atoms with E-state index in [-0.39, 0.29) is 12.5 Å². The third-order valence-electron chi connectivity index (χ3n) is 3.91. The molecule has 0 aliphatic carbocycles. The predicted molar refractivity (Wildman–Crippen MR) is 98.3 cm³/mol. The number of amides is 1. The molecule has 0 atom stereocenters. The van der Waals surface area contributed by atoms with Gasteiger partial charge in [0.2, 0.25) is 5.91 Å². The van der Waals surface area contributed by atoms with Crippen LogP contribution in [-0.2, 0) is 9.53 Å². The number of methoxy groups -OCH3 is 1. The number of nitrogens with zero attached hydrogens (tertiary/aromatic N) is 2. The smallest absolute Gasteiger partial charge is 0.241 e. The summed E-state index contributed by atoms with van der Waals surface area (Å²) < 4.78 is 4.91. The molecule has 1 amide bonds. The lowest BCUT2D eigenvalue weighted by atomic mass is 10.0. The summed E-state index contributed by atoms with van der Waals surface area (Å²) in [6.45, 7) is 11.9. The molecule has 1 aliphatic rings. The highest BCUT2D eigenvalue weighted by Gasteiger charge is 2.20. The summed E-state index contributed by atoms with van der Waals surface area (Å²) in [5, 5.41) is 9.45. The van der Waals surface area contributed by atoms with Crippen molar-refractivity contribution in [2.24, 2.45) is 10.9 Å². The van der Waals surface area contributed by atoms with Crippen molar-refractivity contribution in [1.29, 1.82) is 0 Å². The number of hydrogen-bond donors (Lipinski definition) is 3. The Balaban J connectivity index is 2.37. The Labute approximate surface area is 146 Å². The average molecular weight is 342 g/mol. The molecule has 0 bridgehead atoms. The van der Waals surface area contributed by atoms with Crippen LogP contribution in [0.3, 0.4) is 0 Å². The zero-order valence-electron chi connectivity index (χ0n) is 15.7. The van der Waals surface area contributed by atoms with Crippen LogP contribution in [0.1, 0.15) is 33.6 Å². The lowest BCUT2D eigenvalue weighted by Gasteiger charge is -2.34. The van der Waals surface area contributed by atoms with Crippen molar-refractivity contribution < 1.29 is 9.53 Å². The molecule has 0 spiro atoms. The second-order valence-corrected chi connectivity index (χ2v) is 6.65. The van der Waals surface area contributed by atoms with Crippen LogP contribution in [0.5, 0.6) is 0 Å². The Morgan fingerprint density at radius 3 is 2.58 bits per heavy atom. The Morgan fingerprint density at radius 1 is 1.29 bits per heavy atom. The number of piperidine rings is 1. The molecule has 0 radical (unpaired) electrons. The maximum atomic E-state index is 11.7. The molecule has 1 heterocycles. The van der Waals surface area contributed by atoms with Crippen molar-refractivity contribution in [3.05, 3.63) is 0 Å². The van der Waals surface area contributed by atoms with Crippen molar-refractivity contribution >= 4 is 11.9 Å². The van der Waals surface area contributed by atoms with E-state index in [2.05, 4.69) is 39.7 Å². The summed E-state index contributed by atoms with van der Waals surface area (Å²) in [6.07, 6.45) is 2.22. The fraction of sp³-hybridized carbons (Fsp3) is 0.882. The molecule has 140 valence electrons. The van der Waals surface area contributed by atoms with Crippen LogP contribution in [0.4, 0.5) is 0 Å². The molecule has 0 aromatic carbocycles. The van der Waals surface area contributed by atoms with Crippen molar-refractivity contribution in [1.82, 2.24) is 20.9 Å². The van der Waals surface area contributed by atoms with Crippen molar-refractivity contribution in [2.45, 2.75) is 39.7 Å². The molecular formula is C17H35N5O2. The van der Waals surface area contributed by atoms with Crippen LogP contribution < -0.4 is 16.0 Å². The van der Waals surface area contributed by atoms with Gasteiger partial charge in [-0.25, -0.2) is 4.99 Å². The Hall–Kier alpha value is -1.34. The number of hydrogen-bond acceptors (Lipinski definition) is 4. The Morgan fingerprint density at radius 2 is 2.00 bits per heavy atom. The maximum absolute atomic E-state index is 11.7. The van der Waals surface area contributed by atoms with Crippen LogP contribution >= 0.6 is 0 Å². The lowest BCUT2D eigenvalue weighted by Crippen LogP contribution is -2.49. The van der Waals surface area contributed by atoms with Crippen LogP contribution in [0, 0.1) is 5.92 Å². The molecule has 1 rings (SSSR count). The number of ether oxygens (including phenoxy) is 1. The van der Waals surface area contributed by atoms with E-state index in [0.717, 1.165) is 38.4 Å². The quantitative estimate of drug-likeness (QED) is 0.322. The first-order chi connectivity index (χ1) is 11.5. The minimum Gasteiger partial charge on any atom is -0.383 e. The third kappa shape index (κ3) is 9.08. The Bertz CT molecular complexity index is 379. The van der Waals surface area contributed by atoms with Gasteiger partial charge in [-0.05, 0) is 25.7 Å². The SMILES string of the molecule is CCNC(=NCC(=O)NCCOC)NC1CCN(CC(C)C)CC1. The van der Waals surface area contributed by atoms with Gasteiger partial charge in [0, 0.05) is 45.9 Å². The van der Waals surface area contributed by atoms with Crippen LogP contribution in [0.25, 0.3) is 0 Å². The van der Waals surface area contributed by atoms with E-state index in [0.29, 0.717) is 25.1 Å². The minimum absolute atomic E-state index is 0.0870. The number of aliphatic imine (C=N–C) groups is 1. The highest BCUT2D eigenvalue weighted by atomic mass is 16.5. The summed E-state index contributed by atoms with van der Waals surface area (Å²) in [5.41, 5.74) is 0. The molecule has 0 aromatic rings. The number of rotatable bonds is 9.